The van der Waals surface area contributed by atoms with Crippen LogP contribution in [0.5, 0.6) is 0 Å². The van der Waals surface area contributed by atoms with Crippen molar-refractivity contribution in [2.45, 2.75) is 32.6 Å². The molecule has 0 unspecified atom stereocenters. The minimum absolute atomic E-state index is 0.0154. The SMILES string of the molecule is CCCCC(=O)NCCN(CCc1ccccc1)S(C)(=O)=O. The molecule has 0 saturated carbocycles. The van der Waals surface area contributed by atoms with Gasteiger partial charge in [-0.2, -0.15) is 0 Å². The number of carbonyl (C=O) groups is 1. The molecule has 1 aromatic carbocycles. The number of sulfonamides is 1. The first-order valence-electron chi connectivity index (χ1n) is 7.69. The Morgan fingerprint density at radius 2 is 1.86 bits per heavy atom. The van der Waals surface area contributed by atoms with Crippen molar-refractivity contribution in [3.05, 3.63) is 35.9 Å². The normalized spacial score (nSPS) is 11.6. The molecule has 0 aliphatic carbocycles. The van der Waals surface area contributed by atoms with Crippen molar-refractivity contribution < 1.29 is 13.2 Å². The van der Waals surface area contributed by atoms with Gasteiger partial charge in [-0.15, -0.1) is 0 Å². The molecule has 0 atom stereocenters. The number of rotatable bonds is 10. The Morgan fingerprint density at radius 3 is 2.45 bits per heavy atom. The Labute approximate surface area is 133 Å². The lowest BCUT2D eigenvalue weighted by molar-refractivity contribution is -0.121. The first kappa shape index (κ1) is 18.6. The number of benzene rings is 1. The van der Waals surface area contributed by atoms with E-state index in [0.717, 1.165) is 18.4 Å². The molecule has 1 amide bonds. The lowest BCUT2D eigenvalue weighted by Crippen LogP contribution is -2.39. The summed E-state index contributed by atoms with van der Waals surface area (Å²) in [5.74, 6) is -0.0154. The fraction of sp³-hybridized carbons (Fsp3) is 0.562. The smallest absolute Gasteiger partial charge is 0.220 e. The van der Waals surface area contributed by atoms with E-state index >= 15 is 0 Å². The second kappa shape index (κ2) is 9.58. The van der Waals surface area contributed by atoms with Crippen molar-refractivity contribution in [2.75, 3.05) is 25.9 Å². The summed E-state index contributed by atoms with van der Waals surface area (Å²) in [6.07, 6.45) is 4.20. The van der Waals surface area contributed by atoms with E-state index in [9.17, 15) is 13.2 Å². The third-order valence-electron chi connectivity index (χ3n) is 3.40. The number of hydrogen-bond donors (Lipinski definition) is 1. The van der Waals surface area contributed by atoms with Gasteiger partial charge in [0.1, 0.15) is 0 Å². The molecule has 0 radical (unpaired) electrons. The number of carbonyl (C=O) groups excluding carboxylic acids is 1. The van der Waals surface area contributed by atoms with Crippen molar-refractivity contribution in [3.8, 4) is 0 Å². The summed E-state index contributed by atoms with van der Waals surface area (Å²) in [4.78, 5) is 11.5. The zero-order valence-electron chi connectivity index (χ0n) is 13.4. The molecule has 1 rings (SSSR count). The van der Waals surface area contributed by atoms with Gasteiger partial charge in [-0.05, 0) is 18.4 Å². The van der Waals surface area contributed by atoms with Crippen LogP contribution in [0.15, 0.2) is 30.3 Å². The van der Waals surface area contributed by atoms with Crippen molar-refractivity contribution in [2.24, 2.45) is 0 Å². The quantitative estimate of drug-likeness (QED) is 0.713. The molecule has 0 aliphatic rings. The van der Waals surface area contributed by atoms with E-state index in [-0.39, 0.29) is 5.91 Å². The number of unbranched alkanes of at least 4 members (excludes halogenated alkanes) is 1. The van der Waals surface area contributed by atoms with Gasteiger partial charge in [0.2, 0.25) is 15.9 Å². The average Bonchev–Trinajstić information content (AvgIpc) is 2.48. The van der Waals surface area contributed by atoms with Gasteiger partial charge in [0.05, 0.1) is 6.26 Å². The molecule has 0 aliphatic heterocycles. The van der Waals surface area contributed by atoms with Crippen LogP contribution >= 0.6 is 0 Å². The summed E-state index contributed by atoms with van der Waals surface area (Å²) in [5.41, 5.74) is 1.10. The highest BCUT2D eigenvalue weighted by Gasteiger charge is 2.16. The van der Waals surface area contributed by atoms with Gasteiger partial charge in [-0.25, -0.2) is 12.7 Å². The van der Waals surface area contributed by atoms with E-state index < -0.39 is 10.0 Å². The molecule has 1 N–H and O–H groups in total. The predicted octanol–water partition coefficient (Wildman–Crippen LogP) is 1.80. The third-order valence-corrected chi connectivity index (χ3v) is 4.71. The van der Waals surface area contributed by atoms with Gasteiger partial charge in [0.15, 0.2) is 0 Å². The third kappa shape index (κ3) is 7.56. The topological polar surface area (TPSA) is 66.5 Å². The second-order valence-electron chi connectivity index (χ2n) is 5.35. The minimum atomic E-state index is -3.27. The van der Waals surface area contributed by atoms with Crippen LogP contribution in [0.3, 0.4) is 0 Å². The van der Waals surface area contributed by atoms with Crippen LogP contribution < -0.4 is 5.32 Å². The number of amides is 1. The Morgan fingerprint density at radius 1 is 1.18 bits per heavy atom. The summed E-state index contributed by atoms with van der Waals surface area (Å²) in [7, 11) is -3.27. The van der Waals surface area contributed by atoms with Crippen molar-refractivity contribution in [3.63, 3.8) is 0 Å². The maximum Gasteiger partial charge on any atom is 0.220 e. The first-order valence-corrected chi connectivity index (χ1v) is 9.54. The van der Waals surface area contributed by atoms with E-state index in [2.05, 4.69) is 5.32 Å². The number of hydrogen-bond acceptors (Lipinski definition) is 3. The highest BCUT2D eigenvalue weighted by molar-refractivity contribution is 7.88. The van der Waals surface area contributed by atoms with Crippen LogP contribution in [-0.2, 0) is 21.2 Å². The van der Waals surface area contributed by atoms with E-state index in [4.69, 9.17) is 0 Å². The summed E-state index contributed by atoms with van der Waals surface area (Å²) in [5, 5.41) is 2.77. The lowest BCUT2D eigenvalue weighted by atomic mass is 10.1. The Bertz CT molecular complexity index is 544. The summed E-state index contributed by atoms with van der Waals surface area (Å²) in [6.45, 7) is 3.11. The van der Waals surface area contributed by atoms with Gasteiger partial charge < -0.3 is 5.32 Å². The van der Waals surface area contributed by atoms with E-state index in [1.807, 2.05) is 37.3 Å². The predicted molar refractivity (Wildman–Crippen MR) is 89.1 cm³/mol. The molecular formula is C16H26N2O3S. The van der Waals surface area contributed by atoms with Crippen molar-refractivity contribution in [1.29, 1.82) is 0 Å². The van der Waals surface area contributed by atoms with Gasteiger partial charge in [-0.1, -0.05) is 43.7 Å². The van der Waals surface area contributed by atoms with Gasteiger partial charge in [-0.3, -0.25) is 4.79 Å². The minimum Gasteiger partial charge on any atom is -0.355 e. The molecule has 0 heterocycles. The van der Waals surface area contributed by atoms with Crippen LogP contribution in [0.2, 0.25) is 0 Å². The monoisotopic (exact) mass is 326 g/mol. The summed E-state index contributed by atoms with van der Waals surface area (Å²) >= 11 is 0. The zero-order chi connectivity index (χ0) is 16.4. The highest BCUT2D eigenvalue weighted by Crippen LogP contribution is 2.04. The standard InChI is InChI=1S/C16H26N2O3S/c1-3-4-10-16(19)17-12-14-18(22(2,20)21)13-11-15-8-6-5-7-9-15/h5-9H,3-4,10-14H2,1-2H3,(H,17,19). The molecule has 5 nitrogen and oxygen atoms in total. The molecule has 6 heteroatoms. The molecule has 0 bridgehead atoms. The average molecular weight is 326 g/mol. The van der Waals surface area contributed by atoms with Crippen LogP contribution in [0.4, 0.5) is 0 Å². The van der Waals surface area contributed by atoms with Gasteiger partial charge >= 0.3 is 0 Å². The molecular weight excluding hydrogens is 300 g/mol. The Hall–Kier alpha value is -1.40. The van der Waals surface area contributed by atoms with E-state index in [1.165, 1.54) is 10.6 Å². The van der Waals surface area contributed by atoms with E-state index in [1.54, 1.807) is 0 Å². The molecule has 22 heavy (non-hydrogen) atoms. The largest absolute Gasteiger partial charge is 0.355 e. The number of nitrogens with one attached hydrogen (secondary N) is 1. The van der Waals surface area contributed by atoms with Crippen LogP contribution in [0.25, 0.3) is 0 Å². The van der Waals surface area contributed by atoms with Crippen LogP contribution in [-0.4, -0.2) is 44.5 Å². The fourth-order valence-electron chi connectivity index (χ4n) is 2.09. The first-order chi connectivity index (χ1) is 10.4. The molecule has 1 aromatic rings. The fourth-order valence-corrected chi connectivity index (χ4v) is 2.93. The lowest BCUT2D eigenvalue weighted by Gasteiger charge is -2.20. The van der Waals surface area contributed by atoms with Crippen LogP contribution in [0, 0.1) is 0 Å². The molecule has 0 spiro atoms. The van der Waals surface area contributed by atoms with Gasteiger partial charge in [0.25, 0.3) is 0 Å². The summed E-state index contributed by atoms with van der Waals surface area (Å²) < 4.78 is 25.0. The Kier molecular flexibility index (Phi) is 8.12. The van der Waals surface area contributed by atoms with E-state index in [0.29, 0.717) is 32.5 Å². The molecule has 124 valence electrons. The Balaban J connectivity index is 2.43. The second-order valence-corrected chi connectivity index (χ2v) is 7.33. The zero-order valence-corrected chi connectivity index (χ0v) is 14.2. The summed E-state index contributed by atoms with van der Waals surface area (Å²) in [6, 6.07) is 9.77. The molecule has 0 fully saturated rings. The van der Waals surface area contributed by atoms with Crippen molar-refractivity contribution in [1.82, 2.24) is 9.62 Å². The maximum absolute atomic E-state index is 11.8. The van der Waals surface area contributed by atoms with Crippen LogP contribution in [0.1, 0.15) is 31.7 Å². The van der Waals surface area contributed by atoms with Gasteiger partial charge in [0, 0.05) is 26.1 Å². The van der Waals surface area contributed by atoms with Crippen molar-refractivity contribution >= 4 is 15.9 Å². The molecule has 0 saturated heterocycles. The number of nitrogens with zero attached hydrogens (tertiary/aromatic N) is 1. The highest BCUT2D eigenvalue weighted by atomic mass is 32.2. The maximum atomic E-state index is 11.8. The molecule has 0 aromatic heterocycles.